The summed E-state index contributed by atoms with van der Waals surface area (Å²) >= 11 is 5.55. The number of halogens is 1. The first kappa shape index (κ1) is 10.8. The van der Waals surface area contributed by atoms with E-state index in [1.807, 2.05) is 0 Å². The Morgan fingerprint density at radius 2 is 2.19 bits per heavy atom. The number of fused-ring (bicyclic) bond motifs is 1. The van der Waals surface area contributed by atoms with Gasteiger partial charge in [0, 0.05) is 10.6 Å². The minimum atomic E-state index is -0.222. The van der Waals surface area contributed by atoms with Gasteiger partial charge in [-0.15, -0.1) is 0 Å². The molecule has 1 aromatic carbocycles. The molecule has 0 saturated carbocycles. The van der Waals surface area contributed by atoms with Crippen LogP contribution in [-0.4, -0.2) is 19.2 Å². The van der Waals surface area contributed by atoms with E-state index in [0.717, 1.165) is 0 Å². The van der Waals surface area contributed by atoms with E-state index < -0.39 is 0 Å². The first-order valence-electron chi connectivity index (χ1n) is 4.68. The molecule has 0 aromatic heterocycles. The van der Waals surface area contributed by atoms with Crippen LogP contribution in [0, 0.1) is 0 Å². The highest BCUT2D eigenvalue weighted by molar-refractivity contribution is 6.29. The van der Waals surface area contributed by atoms with Crippen LogP contribution in [-0.2, 0) is 0 Å². The fourth-order valence-corrected chi connectivity index (χ4v) is 1.38. The summed E-state index contributed by atoms with van der Waals surface area (Å²) < 4.78 is 10.3. The Morgan fingerprint density at radius 3 is 2.94 bits per heavy atom. The maximum absolute atomic E-state index is 11.6. The third-order valence-electron chi connectivity index (χ3n) is 2.08. The SMILES string of the molecule is C=C(Cl)CNC(=O)c1ccc2c(c1)OCO2. The molecule has 1 aliphatic heterocycles. The predicted octanol–water partition coefficient (Wildman–Crippen LogP) is 1.90. The van der Waals surface area contributed by atoms with Gasteiger partial charge < -0.3 is 14.8 Å². The maximum Gasteiger partial charge on any atom is 0.251 e. The molecule has 4 nitrogen and oxygen atoms in total. The van der Waals surface area contributed by atoms with Crippen molar-refractivity contribution >= 4 is 17.5 Å². The van der Waals surface area contributed by atoms with Crippen molar-refractivity contribution in [2.45, 2.75) is 0 Å². The van der Waals surface area contributed by atoms with Crippen molar-refractivity contribution in [2.75, 3.05) is 13.3 Å². The Balaban J connectivity index is 2.09. The highest BCUT2D eigenvalue weighted by Gasteiger charge is 2.15. The molecule has 1 aromatic rings. The Hall–Kier alpha value is -1.68. The van der Waals surface area contributed by atoms with Crippen LogP contribution in [0.1, 0.15) is 10.4 Å². The third-order valence-corrected chi connectivity index (χ3v) is 2.21. The highest BCUT2D eigenvalue weighted by Crippen LogP contribution is 2.32. The molecular formula is C11H10ClNO3. The number of ether oxygens (including phenoxy) is 2. The van der Waals surface area contributed by atoms with Crippen molar-refractivity contribution in [3.05, 3.63) is 35.4 Å². The molecule has 1 heterocycles. The highest BCUT2D eigenvalue weighted by atomic mass is 35.5. The molecule has 2 rings (SSSR count). The van der Waals surface area contributed by atoms with E-state index >= 15 is 0 Å². The number of amides is 1. The summed E-state index contributed by atoms with van der Waals surface area (Å²) in [6, 6.07) is 5.00. The van der Waals surface area contributed by atoms with Gasteiger partial charge in [-0.25, -0.2) is 0 Å². The molecule has 84 valence electrons. The summed E-state index contributed by atoms with van der Waals surface area (Å²) in [6.45, 7) is 3.92. The largest absolute Gasteiger partial charge is 0.454 e. The van der Waals surface area contributed by atoms with Crippen molar-refractivity contribution < 1.29 is 14.3 Å². The lowest BCUT2D eigenvalue weighted by Crippen LogP contribution is -2.24. The lowest BCUT2D eigenvalue weighted by Gasteiger charge is -2.04. The summed E-state index contributed by atoms with van der Waals surface area (Å²) in [5.41, 5.74) is 0.502. The van der Waals surface area contributed by atoms with Gasteiger partial charge in [0.25, 0.3) is 5.91 Å². The minimum absolute atomic E-state index is 0.193. The van der Waals surface area contributed by atoms with Gasteiger partial charge >= 0.3 is 0 Å². The summed E-state index contributed by atoms with van der Waals surface area (Å²) in [7, 11) is 0. The Morgan fingerprint density at radius 1 is 1.44 bits per heavy atom. The van der Waals surface area contributed by atoms with E-state index in [9.17, 15) is 4.79 Å². The molecule has 5 heteroatoms. The molecule has 1 amide bonds. The molecule has 0 unspecified atom stereocenters. The van der Waals surface area contributed by atoms with Crippen LogP contribution >= 0.6 is 11.6 Å². The molecule has 0 spiro atoms. The first-order valence-corrected chi connectivity index (χ1v) is 5.06. The lowest BCUT2D eigenvalue weighted by molar-refractivity contribution is 0.0957. The number of rotatable bonds is 3. The minimum Gasteiger partial charge on any atom is -0.454 e. The standard InChI is InChI=1S/C11H10ClNO3/c1-7(12)5-13-11(14)8-2-3-9-10(4-8)16-6-15-9/h2-4H,1,5-6H2,(H,13,14). The smallest absolute Gasteiger partial charge is 0.251 e. The number of benzene rings is 1. The van der Waals surface area contributed by atoms with Gasteiger partial charge in [-0.3, -0.25) is 4.79 Å². The third kappa shape index (κ3) is 2.28. The van der Waals surface area contributed by atoms with Crippen molar-refractivity contribution in [3.8, 4) is 11.5 Å². The molecule has 16 heavy (non-hydrogen) atoms. The van der Waals surface area contributed by atoms with Crippen molar-refractivity contribution in [3.63, 3.8) is 0 Å². The zero-order valence-corrected chi connectivity index (χ0v) is 9.21. The number of hydrogen-bond donors (Lipinski definition) is 1. The number of carbonyl (C=O) groups is 1. The van der Waals surface area contributed by atoms with E-state index in [0.29, 0.717) is 22.1 Å². The fourth-order valence-electron chi connectivity index (χ4n) is 1.32. The lowest BCUT2D eigenvalue weighted by atomic mass is 10.2. The first-order chi connectivity index (χ1) is 7.66. The molecule has 0 aliphatic carbocycles. The Kier molecular flexibility index (Phi) is 3.01. The summed E-state index contributed by atoms with van der Waals surface area (Å²) in [6.07, 6.45) is 0. The molecule has 1 N–H and O–H groups in total. The van der Waals surface area contributed by atoms with Crippen LogP contribution in [0.4, 0.5) is 0 Å². The van der Waals surface area contributed by atoms with E-state index in [-0.39, 0.29) is 19.2 Å². The van der Waals surface area contributed by atoms with E-state index in [1.165, 1.54) is 0 Å². The molecule has 0 atom stereocenters. The topological polar surface area (TPSA) is 47.6 Å². The Labute approximate surface area is 97.8 Å². The number of carbonyl (C=O) groups excluding carboxylic acids is 1. The average molecular weight is 240 g/mol. The molecule has 0 bridgehead atoms. The number of hydrogen-bond acceptors (Lipinski definition) is 3. The fraction of sp³-hybridized carbons (Fsp3) is 0.182. The molecule has 0 radical (unpaired) electrons. The normalized spacial score (nSPS) is 12.3. The number of nitrogens with one attached hydrogen (secondary N) is 1. The van der Waals surface area contributed by atoms with Crippen LogP contribution in [0.5, 0.6) is 11.5 Å². The monoisotopic (exact) mass is 239 g/mol. The quantitative estimate of drug-likeness (QED) is 0.876. The zero-order valence-electron chi connectivity index (χ0n) is 8.46. The molecule has 0 fully saturated rings. The second-order valence-corrected chi connectivity index (χ2v) is 3.80. The van der Waals surface area contributed by atoms with E-state index in [4.69, 9.17) is 21.1 Å². The van der Waals surface area contributed by atoms with Crippen molar-refractivity contribution in [2.24, 2.45) is 0 Å². The van der Waals surface area contributed by atoms with Crippen LogP contribution in [0.15, 0.2) is 29.8 Å². The second kappa shape index (κ2) is 4.45. The van der Waals surface area contributed by atoms with Gasteiger partial charge in [0.1, 0.15) is 0 Å². The zero-order chi connectivity index (χ0) is 11.5. The molecule has 1 aliphatic rings. The van der Waals surface area contributed by atoms with Crippen LogP contribution in [0.25, 0.3) is 0 Å². The summed E-state index contributed by atoms with van der Waals surface area (Å²) in [5, 5.41) is 3.01. The van der Waals surface area contributed by atoms with Gasteiger partial charge in [0.05, 0.1) is 6.54 Å². The second-order valence-electron chi connectivity index (χ2n) is 3.27. The predicted molar refractivity (Wildman–Crippen MR) is 59.9 cm³/mol. The van der Waals surface area contributed by atoms with Crippen molar-refractivity contribution in [1.82, 2.24) is 5.32 Å². The van der Waals surface area contributed by atoms with Gasteiger partial charge in [0.15, 0.2) is 11.5 Å². The van der Waals surface area contributed by atoms with Crippen molar-refractivity contribution in [1.29, 1.82) is 0 Å². The molecule has 0 saturated heterocycles. The van der Waals surface area contributed by atoms with Crippen LogP contribution < -0.4 is 14.8 Å². The van der Waals surface area contributed by atoms with Gasteiger partial charge in [-0.1, -0.05) is 18.2 Å². The van der Waals surface area contributed by atoms with Crippen LogP contribution in [0.2, 0.25) is 0 Å². The summed E-state index contributed by atoms with van der Waals surface area (Å²) in [4.78, 5) is 11.6. The van der Waals surface area contributed by atoms with E-state index in [1.54, 1.807) is 18.2 Å². The van der Waals surface area contributed by atoms with Gasteiger partial charge in [-0.2, -0.15) is 0 Å². The maximum atomic E-state index is 11.6. The van der Waals surface area contributed by atoms with Crippen LogP contribution in [0.3, 0.4) is 0 Å². The van der Waals surface area contributed by atoms with E-state index in [2.05, 4.69) is 11.9 Å². The summed E-state index contributed by atoms with van der Waals surface area (Å²) in [5.74, 6) is 1.01. The Bertz CT molecular complexity index is 445. The molecular weight excluding hydrogens is 230 g/mol. The van der Waals surface area contributed by atoms with Gasteiger partial charge in [-0.05, 0) is 18.2 Å². The average Bonchev–Trinajstić information content (AvgIpc) is 2.72. The van der Waals surface area contributed by atoms with Gasteiger partial charge in [0.2, 0.25) is 6.79 Å².